The Morgan fingerprint density at radius 3 is 2.76 bits per heavy atom. The zero-order chi connectivity index (χ0) is 17.9. The van der Waals surface area contributed by atoms with E-state index in [1.54, 1.807) is 12.3 Å². The Bertz CT molecular complexity index is 736. The molecule has 8 heteroatoms. The first kappa shape index (κ1) is 17.2. The molecule has 1 atom stereocenters. The van der Waals surface area contributed by atoms with Gasteiger partial charge in [-0.1, -0.05) is 12.1 Å². The van der Waals surface area contributed by atoms with Gasteiger partial charge in [0.2, 0.25) is 0 Å². The van der Waals surface area contributed by atoms with Crippen LogP contribution >= 0.6 is 0 Å². The van der Waals surface area contributed by atoms with E-state index < -0.39 is 17.8 Å². The SMILES string of the molecule is O=C(Nc1ccccc1C(F)(F)F)N1CCCC(c2ccncn2)C1. The molecular formula is C17H17F3N4O. The van der Waals surface area contributed by atoms with Crippen molar-refractivity contribution in [1.82, 2.24) is 14.9 Å². The Hall–Kier alpha value is -2.64. The zero-order valence-electron chi connectivity index (χ0n) is 13.3. The highest BCUT2D eigenvalue weighted by molar-refractivity contribution is 5.90. The van der Waals surface area contributed by atoms with Crippen LogP contribution in [0.4, 0.5) is 23.7 Å². The summed E-state index contributed by atoms with van der Waals surface area (Å²) in [6.45, 7) is 0.915. The van der Waals surface area contributed by atoms with E-state index in [0.29, 0.717) is 13.1 Å². The summed E-state index contributed by atoms with van der Waals surface area (Å²) in [5.74, 6) is 0.0559. The second-order valence-electron chi connectivity index (χ2n) is 5.89. The van der Waals surface area contributed by atoms with E-state index in [1.807, 2.05) is 0 Å². The van der Waals surface area contributed by atoms with Crippen LogP contribution in [0.15, 0.2) is 42.9 Å². The molecule has 25 heavy (non-hydrogen) atoms. The fourth-order valence-corrected chi connectivity index (χ4v) is 2.98. The van der Waals surface area contributed by atoms with Gasteiger partial charge in [0.05, 0.1) is 11.3 Å². The van der Waals surface area contributed by atoms with Gasteiger partial charge in [0.25, 0.3) is 0 Å². The molecule has 5 nitrogen and oxygen atoms in total. The zero-order valence-corrected chi connectivity index (χ0v) is 13.3. The van der Waals surface area contributed by atoms with E-state index in [9.17, 15) is 18.0 Å². The number of carbonyl (C=O) groups is 1. The van der Waals surface area contributed by atoms with E-state index in [-0.39, 0.29) is 11.6 Å². The number of nitrogens with one attached hydrogen (secondary N) is 1. The molecule has 2 amide bonds. The van der Waals surface area contributed by atoms with Crippen molar-refractivity contribution in [1.29, 1.82) is 0 Å². The number of carbonyl (C=O) groups excluding carboxylic acids is 1. The third-order valence-electron chi connectivity index (χ3n) is 4.21. The molecule has 0 radical (unpaired) electrons. The number of nitrogens with zero attached hydrogens (tertiary/aromatic N) is 3. The van der Waals surface area contributed by atoms with Crippen LogP contribution in [0.3, 0.4) is 0 Å². The highest BCUT2D eigenvalue weighted by Gasteiger charge is 2.34. The minimum Gasteiger partial charge on any atom is -0.324 e. The topological polar surface area (TPSA) is 58.1 Å². The highest BCUT2D eigenvalue weighted by Crippen LogP contribution is 2.35. The van der Waals surface area contributed by atoms with Crippen LogP contribution in [0.5, 0.6) is 0 Å². The fourth-order valence-electron chi connectivity index (χ4n) is 2.98. The van der Waals surface area contributed by atoms with Crippen molar-refractivity contribution < 1.29 is 18.0 Å². The predicted octanol–water partition coefficient (Wildman–Crippen LogP) is 3.91. The molecule has 0 aliphatic carbocycles. The largest absolute Gasteiger partial charge is 0.418 e. The average Bonchev–Trinajstić information content (AvgIpc) is 2.62. The molecule has 1 aliphatic heterocycles. The maximum absolute atomic E-state index is 13.0. The summed E-state index contributed by atoms with van der Waals surface area (Å²) in [5, 5.41) is 2.39. The van der Waals surface area contributed by atoms with Crippen LogP contribution in [0.2, 0.25) is 0 Å². The highest BCUT2D eigenvalue weighted by atomic mass is 19.4. The maximum atomic E-state index is 13.0. The molecule has 1 aromatic heterocycles. The number of hydrogen-bond donors (Lipinski definition) is 1. The molecule has 1 unspecified atom stereocenters. The van der Waals surface area contributed by atoms with Crippen molar-refractivity contribution in [2.45, 2.75) is 24.9 Å². The van der Waals surface area contributed by atoms with Gasteiger partial charge in [0, 0.05) is 30.9 Å². The van der Waals surface area contributed by atoms with Crippen LogP contribution in [0, 0.1) is 0 Å². The summed E-state index contributed by atoms with van der Waals surface area (Å²) in [4.78, 5) is 22.1. The number of anilines is 1. The Kier molecular flexibility index (Phi) is 4.87. The van der Waals surface area contributed by atoms with Gasteiger partial charge in [-0.15, -0.1) is 0 Å². The van der Waals surface area contributed by atoms with Crippen LogP contribution in [-0.2, 0) is 6.18 Å². The quantitative estimate of drug-likeness (QED) is 0.893. The van der Waals surface area contributed by atoms with Crippen LogP contribution in [0.1, 0.15) is 30.0 Å². The lowest BCUT2D eigenvalue weighted by Crippen LogP contribution is -2.42. The molecule has 132 valence electrons. The van der Waals surface area contributed by atoms with Crippen molar-refractivity contribution in [2.24, 2.45) is 0 Å². The number of aromatic nitrogens is 2. The Labute approximate surface area is 142 Å². The number of halogens is 3. The van der Waals surface area contributed by atoms with Crippen molar-refractivity contribution in [3.05, 3.63) is 54.1 Å². The number of rotatable bonds is 2. The van der Waals surface area contributed by atoms with E-state index in [2.05, 4.69) is 15.3 Å². The van der Waals surface area contributed by atoms with Crippen molar-refractivity contribution in [2.75, 3.05) is 18.4 Å². The summed E-state index contributed by atoms with van der Waals surface area (Å²) in [7, 11) is 0. The van der Waals surface area contributed by atoms with E-state index in [4.69, 9.17) is 0 Å². The first-order valence-corrected chi connectivity index (χ1v) is 7.93. The van der Waals surface area contributed by atoms with Gasteiger partial charge < -0.3 is 10.2 Å². The molecular weight excluding hydrogens is 333 g/mol. The minimum atomic E-state index is -4.52. The van der Waals surface area contributed by atoms with E-state index >= 15 is 0 Å². The molecule has 1 fully saturated rings. The van der Waals surface area contributed by atoms with E-state index in [1.165, 1.54) is 29.4 Å². The van der Waals surface area contributed by atoms with Crippen LogP contribution < -0.4 is 5.32 Å². The first-order chi connectivity index (χ1) is 11.9. The van der Waals surface area contributed by atoms with Crippen molar-refractivity contribution >= 4 is 11.7 Å². The minimum absolute atomic E-state index is 0.0559. The number of urea groups is 1. The fraction of sp³-hybridized carbons (Fsp3) is 0.353. The van der Waals surface area contributed by atoms with E-state index in [0.717, 1.165) is 24.6 Å². The van der Waals surface area contributed by atoms with Crippen molar-refractivity contribution in [3.63, 3.8) is 0 Å². The van der Waals surface area contributed by atoms with Gasteiger partial charge in [0.15, 0.2) is 0 Å². The molecule has 1 saturated heterocycles. The number of piperidine rings is 1. The standard InChI is InChI=1S/C17H17F3N4O/c18-17(19,20)13-5-1-2-6-15(13)23-16(25)24-9-3-4-12(10-24)14-7-8-21-11-22-14/h1-2,5-8,11-12H,3-4,9-10H2,(H,23,25). The molecule has 2 heterocycles. The second-order valence-corrected chi connectivity index (χ2v) is 5.89. The van der Waals surface area contributed by atoms with Crippen LogP contribution in [-0.4, -0.2) is 34.0 Å². The summed E-state index contributed by atoms with van der Waals surface area (Å²) >= 11 is 0. The summed E-state index contributed by atoms with van der Waals surface area (Å²) in [6, 6.07) is 6.23. The molecule has 0 spiro atoms. The Balaban J connectivity index is 1.72. The van der Waals surface area contributed by atoms with Gasteiger partial charge >= 0.3 is 12.2 Å². The monoisotopic (exact) mass is 350 g/mol. The molecule has 1 aliphatic rings. The number of amides is 2. The molecule has 0 saturated carbocycles. The molecule has 0 bridgehead atoms. The summed E-state index contributed by atoms with van der Waals surface area (Å²) in [5.41, 5.74) is -0.250. The normalized spacial score (nSPS) is 18.0. The van der Waals surface area contributed by atoms with Gasteiger partial charge in [-0.3, -0.25) is 0 Å². The number of benzene rings is 1. The van der Waals surface area contributed by atoms with Gasteiger partial charge in [-0.05, 0) is 31.0 Å². The van der Waals surface area contributed by atoms with Crippen molar-refractivity contribution in [3.8, 4) is 0 Å². The van der Waals surface area contributed by atoms with Crippen LogP contribution in [0.25, 0.3) is 0 Å². The predicted molar refractivity (Wildman–Crippen MR) is 86.0 cm³/mol. The average molecular weight is 350 g/mol. The smallest absolute Gasteiger partial charge is 0.324 e. The number of hydrogen-bond acceptors (Lipinski definition) is 3. The summed E-state index contributed by atoms with van der Waals surface area (Å²) in [6.07, 6.45) is 0.215. The van der Waals surface area contributed by atoms with Gasteiger partial charge in [-0.2, -0.15) is 13.2 Å². The third-order valence-corrected chi connectivity index (χ3v) is 4.21. The number of likely N-dealkylation sites (tertiary alicyclic amines) is 1. The molecule has 2 aromatic rings. The maximum Gasteiger partial charge on any atom is 0.418 e. The number of para-hydroxylation sites is 1. The Morgan fingerprint density at radius 2 is 2.04 bits per heavy atom. The molecule has 1 aromatic carbocycles. The van der Waals surface area contributed by atoms with Gasteiger partial charge in [-0.25, -0.2) is 14.8 Å². The lowest BCUT2D eigenvalue weighted by Gasteiger charge is -2.32. The Morgan fingerprint density at radius 1 is 1.24 bits per heavy atom. The lowest BCUT2D eigenvalue weighted by molar-refractivity contribution is -0.136. The molecule has 3 rings (SSSR count). The second kappa shape index (κ2) is 7.08. The first-order valence-electron chi connectivity index (χ1n) is 7.93. The third kappa shape index (κ3) is 4.07. The lowest BCUT2D eigenvalue weighted by atomic mass is 9.95. The van der Waals surface area contributed by atoms with Gasteiger partial charge in [0.1, 0.15) is 6.33 Å². The summed E-state index contributed by atoms with van der Waals surface area (Å²) < 4.78 is 39.1. The number of alkyl halides is 3. The molecule has 1 N–H and O–H groups in total.